The quantitative estimate of drug-likeness (QED) is 0.582. The van der Waals surface area contributed by atoms with Crippen molar-refractivity contribution in [3.63, 3.8) is 0 Å². The van der Waals surface area contributed by atoms with E-state index in [0.29, 0.717) is 12.1 Å². The molecule has 0 aliphatic heterocycles. The van der Waals surface area contributed by atoms with Crippen molar-refractivity contribution in [1.82, 2.24) is 14.9 Å². The molecule has 3 nitrogen and oxygen atoms in total. The molecule has 0 saturated heterocycles. The monoisotopic (exact) mass is 437 g/mol. The summed E-state index contributed by atoms with van der Waals surface area (Å²) in [7, 11) is 0. The van der Waals surface area contributed by atoms with Crippen LogP contribution in [0.5, 0.6) is 0 Å². The van der Waals surface area contributed by atoms with Crippen molar-refractivity contribution in [3.05, 3.63) is 63.4 Å². The molecule has 2 aliphatic carbocycles. The first-order chi connectivity index (χ1) is 13.6. The zero-order valence-electron chi connectivity index (χ0n) is 16.7. The van der Waals surface area contributed by atoms with Crippen LogP contribution in [0.4, 0.5) is 0 Å². The zero-order chi connectivity index (χ0) is 19.3. The average molecular weight is 438 g/mol. The molecule has 1 heterocycles. The molecular weight excluding hydrogens is 410 g/mol. The van der Waals surface area contributed by atoms with E-state index in [0.717, 1.165) is 23.8 Å². The molecule has 0 spiro atoms. The standard InChI is InChI=1S/C24H28BrN3/c1-15-3-8-24-23(9-15)27-16(2)28(24)22-7-6-21(13-22)26-14-17-10-18-4-5-20(25)12-19(18)11-17/h3-5,8-9,12,17,21-22,26H,6-7,10-11,13-14H2,1-2H3/t17-,21-,22+/m0/s1. The van der Waals surface area contributed by atoms with Crippen LogP contribution in [0.1, 0.15) is 47.8 Å². The van der Waals surface area contributed by atoms with E-state index in [1.807, 2.05) is 0 Å². The molecular formula is C24H28BrN3. The lowest BCUT2D eigenvalue weighted by atomic mass is 10.1. The van der Waals surface area contributed by atoms with Gasteiger partial charge >= 0.3 is 0 Å². The second-order valence-electron chi connectivity index (χ2n) is 8.78. The second-order valence-corrected chi connectivity index (χ2v) is 9.70. The molecule has 1 saturated carbocycles. The van der Waals surface area contributed by atoms with Crippen molar-refractivity contribution in [2.24, 2.45) is 5.92 Å². The Hall–Kier alpha value is -1.65. The van der Waals surface area contributed by atoms with Crippen LogP contribution in [0, 0.1) is 19.8 Å². The minimum Gasteiger partial charge on any atom is -0.325 e. The van der Waals surface area contributed by atoms with Gasteiger partial charge in [0, 0.05) is 16.6 Å². The maximum Gasteiger partial charge on any atom is 0.106 e. The fraction of sp³-hybridized carbons (Fsp3) is 0.458. The fourth-order valence-electron chi connectivity index (χ4n) is 5.32. The number of hydrogen-bond acceptors (Lipinski definition) is 2. The predicted octanol–water partition coefficient (Wildman–Crippen LogP) is 5.51. The molecule has 28 heavy (non-hydrogen) atoms. The van der Waals surface area contributed by atoms with Gasteiger partial charge in [-0.05, 0) is 99.4 Å². The SMILES string of the molecule is Cc1ccc2c(c1)nc(C)n2[C@@H]1CC[C@H](NC[C@H]2Cc3ccc(Br)cc3C2)C1. The molecule has 146 valence electrons. The first kappa shape index (κ1) is 18.4. The summed E-state index contributed by atoms with van der Waals surface area (Å²) in [5.41, 5.74) is 6.79. The number of nitrogens with one attached hydrogen (secondary N) is 1. The molecule has 0 amide bonds. The van der Waals surface area contributed by atoms with Crippen molar-refractivity contribution in [1.29, 1.82) is 0 Å². The Morgan fingerprint density at radius 3 is 2.82 bits per heavy atom. The van der Waals surface area contributed by atoms with Crippen LogP contribution in [0.2, 0.25) is 0 Å². The smallest absolute Gasteiger partial charge is 0.106 e. The number of aryl methyl sites for hydroxylation is 2. The van der Waals surface area contributed by atoms with Crippen molar-refractivity contribution >= 4 is 27.0 Å². The summed E-state index contributed by atoms with van der Waals surface area (Å²) in [5.74, 6) is 1.89. The predicted molar refractivity (Wildman–Crippen MR) is 119 cm³/mol. The Labute approximate surface area is 175 Å². The summed E-state index contributed by atoms with van der Waals surface area (Å²) < 4.78 is 3.69. The Balaban J connectivity index is 1.22. The van der Waals surface area contributed by atoms with E-state index in [9.17, 15) is 0 Å². The lowest BCUT2D eigenvalue weighted by Gasteiger charge is -2.18. The minimum atomic E-state index is 0.571. The minimum absolute atomic E-state index is 0.571. The molecule has 3 aromatic rings. The van der Waals surface area contributed by atoms with Crippen LogP contribution >= 0.6 is 15.9 Å². The van der Waals surface area contributed by atoms with E-state index in [4.69, 9.17) is 4.98 Å². The Morgan fingerprint density at radius 1 is 1.07 bits per heavy atom. The first-order valence-electron chi connectivity index (χ1n) is 10.5. The fourth-order valence-corrected chi connectivity index (χ4v) is 5.73. The number of nitrogens with zero attached hydrogens (tertiary/aromatic N) is 2. The maximum absolute atomic E-state index is 4.82. The van der Waals surface area contributed by atoms with Crippen molar-refractivity contribution < 1.29 is 0 Å². The van der Waals surface area contributed by atoms with Gasteiger partial charge in [-0.1, -0.05) is 28.1 Å². The number of halogens is 1. The highest BCUT2D eigenvalue weighted by Gasteiger charge is 2.29. The highest BCUT2D eigenvalue weighted by molar-refractivity contribution is 9.10. The number of aromatic nitrogens is 2. The molecule has 3 atom stereocenters. The van der Waals surface area contributed by atoms with E-state index in [1.165, 1.54) is 58.8 Å². The number of imidazole rings is 1. The summed E-state index contributed by atoms with van der Waals surface area (Å²) in [6, 6.07) is 14.6. The zero-order valence-corrected chi connectivity index (χ0v) is 18.3. The number of fused-ring (bicyclic) bond motifs is 2. The summed E-state index contributed by atoms with van der Waals surface area (Å²) >= 11 is 3.61. The third kappa shape index (κ3) is 3.42. The van der Waals surface area contributed by atoms with Crippen LogP contribution in [-0.2, 0) is 12.8 Å². The Bertz CT molecular complexity index is 1020. The van der Waals surface area contributed by atoms with Gasteiger partial charge < -0.3 is 9.88 Å². The van der Waals surface area contributed by atoms with E-state index >= 15 is 0 Å². The van der Waals surface area contributed by atoms with Gasteiger partial charge in [-0.3, -0.25) is 0 Å². The lowest BCUT2D eigenvalue weighted by Crippen LogP contribution is -2.32. The van der Waals surface area contributed by atoms with E-state index < -0.39 is 0 Å². The first-order valence-corrected chi connectivity index (χ1v) is 11.3. The van der Waals surface area contributed by atoms with E-state index in [1.54, 1.807) is 0 Å². The molecule has 1 aromatic heterocycles. The molecule has 2 aromatic carbocycles. The number of hydrogen-bond donors (Lipinski definition) is 1. The third-order valence-electron chi connectivity index (χ3n) is 6.67. The topological polar surface area (TPSA) is 29.9 Å². The van der Waals surface area contributed by atoms with Gasteiger partial charge in [-0.25, -0.2) is 4.98 Å². The van der Waals surface area contributed by atoms with Gasteiger partial charge in [0.1, 0.15) is 5.82 Å². The molecule has 1 fully saturated rings. The van der Waals surface area contributed by atoms with Crippen LogP contribution in [-0.4, -0.2) is 22.1 Å². The molecule has 4 heteroatoms. The van der Waals surface area contributed by atoms with Crippen LogP contribution in [0.15, 0.2) is 40.9 Å². The van der Waals surface area contributed by atoms with Crippen LogP contribution < -0.4 is 5.32 Å². The van der Waals surface area contributed by atoms with Crippen LogP contribution in [0.25, 0.3) is 11.0 Å². The molecule has 5 rings (SSSR count). The summed E-state index contributed by atoms with van der Waals surface area (Å²) in [6.07, 6.45) is 6.15. The molecule has 1 N–H and O–H groups in total. The van der Waals surface area contributed by atoms with Crippen LogP contribution in [0.3, 0.4) is 0 Å². The van der Waals surface area contributed by atoms with Gasteiger partial charge in [0.05, 0.1) is 11.0 Å². The maximum atomic E-state index is 4.82. The number of rotatable bonds is 4. The second kappa shape index (κ2) is 7.31. The van der Waals surface area contributed by atoms with Crippen molar-refractivity contribution in [3.8, 4) is 0 Å². The average Bonchev–Trinajstić information content (AvgIpc) is 3.35. The highest BCUT2D eigenvalue weighted by Crippen LogP contribution is 2.35. The molecule has 2 aliphatic rings. The summed E-state index contributed by atoms with van der Waals surface area (Å²) in [4.78, 5) is 4.82. The van der Waals surface area contributed by atoms with Gasteiger partial charge in [0.15, 0.2) is 0 Å². The van der Waals surface area contributed by atoms with Crippen molar-refractivity contribution in [2.75, 3.05) is 6.54 Å². The molecule has 0 radical (unpaired) electrons. The normalized spacial score (nSPS) is 24.2. The van der Waals surface area contributed by atoms with Gasteiger partial charge in [-0.15, -0.1) is 0 Å². The van der Waals surface area contributed by atoms with Gasteiger partial charge in [0.25, 0.3) is 0 Å². The highest BCUT2D eigenvalue weighted by atomic mass is 79.9. The molecule has 0 bridgehead atoms. The third-order valence-corrected chi connectivity index (χ3v) is 7.17. The van der Waals surface area contributed by atoms with Gasteiger partial charge in [-0.2, -0.15) is 0 Å². The largest absolute Gasteiger partial charge is 0.325 e. The molecule has 0 unspecified atom stereocenters. The van der Waals surface area contributed by atoms with E-state index in [-0.39, 0.29) is 0 Å². The van der Waals surface area contributed by atoms with E-state index in [2.05, 4.69) is 76.1 Å². The van der Waals surface area contributed by atoms with Crippen molar-refractivity contribution in [2.45, 2.75) is 58.0 Å². The lowest BCUT2D eigenvalue weighted by molar-refractivity contribution is 0.425. The Morgan fingerprint density at radius 2 is 1.93 bits per heavy atom. The Kier molecular flexibility index (Phi) is 4.80. The summed E-state index contributed by atoms with van der Waals surface area (Å²) in [5, 5.41) is 3.90. The van der Waals surface area contributed by atoms with Gasteiger partial charge in [0.2, 0.25) is 0 Å². The summed E-state index contributed by atoms with van der Waals surface area (Å²) in [6.45, 7) is 5.43. The number of benzene rings is 2.